The highest BCUT2D eigenvalue weighted by molar-refractivity contribution is 5.96. The number of rotatable bonds is 10. The van der Waals surface area contributed by atoms with Crippen molar-refractivity contribution in [3.63, 3.8) is 0 Å². The first-order valence-electron chi connectivity index (χ1n) is 14.1. The second-order valence-corrected chi connectivity index (χ2v) is 10.3. The summed E-state index contributed by atoms with van der Waals surface area (Å²) in [5, 5.41) is 2.97. The van der Waals surface area contributed by atoms with Gasteiger partial charge in [0, 0.05) is 31.6 Å². The molecule has 1 aliphatic heterocycles. The fourth-order valence-corrected chi connectivity index (χ4v) is 5.43. The monoisotopic (exact) mass is 520 g/mol. The first kappa shape index (κ1) is 27.7. The Bertz CT molecular complexity index is 1040. The van der Waals surface area contributed by atoms with Crippen LogP contribution in [0.15, 0.2) is 54.6 Å². The minimum atomic E-state index is -0.100. The second kappa shape index (κ2) is 14.0. The number of carbonyl (C=O) groups excluding carboxylic acids is 3. The van der Waals surface area contributed by atoms with E-state index in [0.717, 1.165) is 57.4 Å². The molecule has 1 saturated carbocycles. The van der Waals surface area contributed by atoms with Gasteiger partial charge in [0.15, 0.2) is 5.78 Å². The summed E-state index contributed by atoms with van der Waals surface area (Å²) in [5.74, 6) is 1.19. The van der Waals surface area contributed by atoms with E-state index in [0.29, 0.717) is 37.5 Å². The number of benzene rings is 2. The lowest BCUT2D eigenvalue weighted by atomic mass is 9.87. The molecular weight excluding hydrogens is 480 g/mol. The average molecular weight is 521 g/mol. The summed E-state index contributed by atoms with van der Waals surface area (Å²) in [7, 11) is 0. The minimum Gasteiger partial charge on any atom is -0.490 e. The van der Waals surface area contributed by atoms with Gasteiger partial charge in [0.1, 0.15) is 5.75 Å². The lowest BCUT2D eigenvalue weighted by Crippen LogP contribution is -2.44. The number of ether oxygens (including phenoxy) is 2. The van der Waals surface area contributed by atoms with Crippen molar-refractivity contribution >= 4 is 17.8 Å². The summed E-state index contributed by atoms with van der Waals surface area (Å²) < 4.78 is 11.2. The summed E-state index contributed by atoms with van der Waals surface area (Å²) in [6.07, 6.45) is 6.22. The number of esters is 1. The third kappa shape index (κ3) is 7.83. The SMILES string of the molecule is CCOC(=O)C1CCC(Oc2ccc(C(=O)CCCNC(=O)N3CCC(c4ccccc4)CC3)cc2)CC1. The van der Waals surface area contributed by atoms with E-state index in [-0.39, 0.29) is 29.8 Å². The van der Waals surface area contributed by atoms with Gasteiger partial charge in [-0.25, -0.2) is 4.79 Å². The van der Waals surface area contributed by atoms with Gasteiger partial charge in [-0.2, -0.15) is 0 Å². The molecule has 1 N–H and O–H groups in total. The molecule has 0 aromatic heterocycles. The van der Waals surface area contributed by atoms with Crippen LogP contribution in [0, 0.1) is 5.92 Å². The van der Waals surface area contributed by atoms with Crippen molar-refractivity contribution in [2.75, 3.05) is 26.2 Å². The van der Waals surface area contributed by atoms with Gasteiger partial charge in [0.05, 0.1) is 18.6 Å². The summed E-state index contributed by atoms with van der Waals surface area (Å²) >= 11 is 0. The van der Waals surface area contributed by atoms with E-state index < -0.39 is 0 Å². The molecule has 7 heteroatoms. The van der Waals surface area contributed by atoms with Crippen molar-refractivity contribution < 1.29 is 23.9 Å². The summed E-state index contributed by atoms with van der Waals surface area (Å²) in [6.45, 7) is 4.25. The van der Waals surface area contributed by atoms with Crippen molar-refractivity contribution in [1.82, 2.24) is 10.2 Å². The molecule has 0 radical (unpaired) electrons. The number of amides is 2. The maximum atomic E-state index is 12.6. The number of Topliss-reactive ketones (excluding diaryl/α,β-unsaturated/α-hetero) is 1. The van der Waals surface area contributed by atoms with Crippen LogP contribution in [0.2, 0.25) is 0 Å². The number of hydrogen-bond acceptors (Lipinski definition) is 5. The molecule has 2 aromatic rings. The van der Waals surface area contributed by atoms with Gasteiger partial charge in [-0.15, -0.1) is 0 Å². The fraction of sp³-hybridized carbons (Fsp3) is 0.516. The summed E-state index contributed by atoms with van der Waals surface area (Å²) in [5.41, 5.74) is 2.00. The van der Waals surface area contributed by atoms with E-state index in [4.69, 9.17) is 9.47 Å². The zero-order valence-electron chi connectivity index (χ0n) is 22.4. The molecule has 38 heavy (non-hydrogen) atoms. The minimum absolute atomic E-state index is 0.0218. The van der Waals surface area contributed by atoms with Crippen molar-refractivity contribution in [2.45, 2.75) is 70.3 Å². The Morgan fingerprint density at radius 2 is 1.58 bits per heavy atom. The molecule has 1 heterocycles. The van der Waals surface area contributed by atoms with Crippen LogP contribution in [0.1, 0.15) is 80.1 Å². The van der Waals surface area contributed by atoms with Gasteiger partial charge < -0.3 is 19.7 Å². The van der Waals surface area contributed by atoms with Crippen LogP contribution in [-0.4, -0.2) is 55.0 Å². The Kier molecular flexibility index (Phi) is 10.2. The zero-order valence-corrected chi connectivity index (χ0v) is 22.4. The van der Waals surface area contributed by atoms with Gasteiger partial charge in [0.2, 0.25) is 0 Å². The molecule has 0 unspecified atom stereocenters. The van der Waals surface area contributed by atoms with Crippen LogP contribution in [0.5, 0.6) is 5.75 Å². The number of likely N-dealkylation sites (tertiary alicyclic amines) is 1. The molecule has 2 amide bonds. The second-order valence-electron chi connectivity index (χ2n) is 10.3. The number of nitrogens with zero attached hydrogens (tertiary/aromatic N) is 1. The third-order valence-electron chi connectivity index (χ3n) is 7.68. The zero-order chi connectivity index (χ0) is 26.7. The lowest BCUT2D eigenvalue weighted by Gasteiger charge is -2.32. The molecule has 1 aliphatic carbocycles. The highest BCUT2D eigenvalue weighted by Crippen LogP contribution is 2.29. The Balaban J connectivity index is 1.11. The number of hydrogen-bond donors (Lipinski definition) is 1. The standard InChI is InChI=1S/C31H40N2O5/c1-2-37-30(35)26-12-16-28(17-13-26)38-27-14-10-25(11-15-27)29(34)9-6-20-32-31(36)33-21-18-24(19-22-33)23-7-4-3-5-8-23/h3-5,7-8,10-11,14-15,24,26,28H,2,6,9,12-13,16-22H2,1H3,(H,32,36). The van der Waals surface area contributed by atoms with E-state index in [1.165, 1.54) is 5.56 Å². The summed E-state index contributed by atoms with van der Waals surface area (Å²) in [6, 6.07) is 17.7. The highest BCUT2D eigenvalue weighted by atomic mass is 16.5. The topological polar surface area (TPSA) is 84.9 Å². The normalized spacial score (nSPS) is 20.0. The third-order valence-corrected chi connectivity index (χ3v) is 7.68. The first-order valence-corrected chi connectivity index (χ1v) is 14.1. The maximum Gasteiger partial charge on any atom is 0.317 e. The molecule has 1 saturated heterocycles. The molecule has 0 bridgehead atoms. The molecular formula is C31H40N2O5. The van der Waals surface area contributed by atoms with Crippen molar-refractivity contribution in [2.24, 2.45) is 5.92 Å². The van der Waals surface area contributed by atoms with Gasteiger partial charge in [-0.1, -0.05) is 30.3 Å². The smallest absolute Gasteiger partial charge is 0.317 e. The van der Waals surface area contributed by atoms with E-state index >= 15 is 0 Å². The number of urea groups is 1. The molecule has 0 atom stereocenters. The predicted molar refractivity (Wildman–Crippen MR) is 146 cm³/mol. The Morgan fingerprint density at radius 1 is 0.895 bits per heavy atom. The molecule has 2 fully saturated rings. The molecule has 0 spiro atoms. The number of carbonyl (C=O) groups is 3. The lowest BCUT2D eigenvalue weighted by molar-refractivity contribution is -0.149. The van der Waals surface area contributed by atoms with Crippen molar-refractivity contribution in [3.05, 3.63) is 65.7 Å². The van der Waals surface area contributed by atoms with E-state index in [1.54, 1.807) is 12.1 Å². The van der Waals surface area contributed by atoms with Crippen LogP contribution >= 0.6 is 0 Å². The molecule has 2 aromatic carbocycles. The number of piperidine rings is 1. The van der Waals surface area contributed by atoms with Crippen LogP contribution in [-0.2, 0) is 9.53 Å². The average Bonchev–Trinajstić information content (AvgIpc) is 2.96. The van der Waals surface area contributed by atoms with Crippen LogP contribution in [0.25, 0.3) is 0 Å². The largest absolute Gasteiger partial charge is 0.490 e. The Labute approximate surface area is 225 Å². The summed E-state index contributed by atoms with van der Waals surface area (Å²) in [4.78, 5) is 38.9. The van der Waals surface area contributed by atoms with E-state index in [9.17, 15) is 14.4 Å². The van der Waals surface area contributed by atoms with E-state index in [1.807, 2.05) is 30.0 Å². The van der Waals surface area contributed by atoms with Crippen molar-refractivity contribution in [3.8, 4) is 5.75 Å². The Morgan fingerprint density at radius 3 is 2.24 bits per heavy atom. The first-order chi connectivity index (χ1) is 18.5. The van der Waals surface area contributed by atoms with Crippen LogP contribution in [0.4, 0.5) is 4.79 Å². The molecule has 2 aliphatic rings. The van der Waals surface area contributed by atoms with Gasteiger partial charge in [0.25, 0.3) is 0 Å². The van der Waals surface area contributed by atoms with Crippen LogP contribution in [0.3, 0.4) is 0 Å². The number of nitrogens with one attached hydrogen (secondary N) is 1. The van der Waals surface area contributed by atoms with Gasteiger partial charge in [-0.05, 0) is 87.6 Å². The van der Waals surface area contributed by atoms with Gasteiger partial charge >= 0.3 is 12.0 Å². The predicted octanol–water partition coefficient (Wildman–Crippen LogP) is 5.74. The highest BCUT2D eigenvalue weighted by Gasteiger charge is 2.28. The Hall–Kier alpha value is -3.35. The van der Waals surface area contributed by atoms with E-state index in [2.05, 4.69) is 29.6 Å². The van der Waals surface area contributed by atoms with Crippen molar-refractivity contribution in [1.29, 1.82) is 0 Å². The molecule has 4 rings (SSSR count). The molecule has 204 valence electrons. The maximum absolute atomic E-state index is 12.6. The quantitative estimate of drug-likeness (QED) is 0.245. The number of ketones is 1. The van der Waals surface area contributed by atoms with Gasteiger partial charge in [-0.3, -0.25) is 9.59 Å². The molecule has 7 nitrogen and oxygen atoms in total. The van der Waals surface area contributed by atoms with Crippen LogP contribution < -0.4 is 10.1 Å². The fourth-order valence-electron chi connectivity index (χ4n) is 5.43.